The van der Waals surface area contributed by atoms with E-state index in [-0.39, 0.29) is 0 Å². The Bertz CT molecular complexity index is 774. The van der Waals surface area contributed by atoms with Crippen molar-refractivity contribution in [3.8, 4) is 17.3 Å². The van der Waals surface area contributed by atoms with Crippen LogP contribution in [0.2, 0.25) is 5.02 Å². The van der Waals surface area contributed by atoms with E-state index in [1.807, 2.05) is 41.8 Å². The summed E-state index contributed by atoms with van der Waals surface area (Å²) in [5.74, 6) is 1.27. The van der Waals surface area contributed by atoms with Crippen molar-refractivity contribution in [3.63, 3.8) is 0 Å². The van der Waals surface area contributed by atoms with Crippen LogP contribution in [0.4, 0.5) is 0 Å². The quantitative estimate of drug-likeness (QED) is 0.721. The molecular formula is C13H10ClN3OS. The number of benzene rings is 1. The average Bonchev–Trinajstić information content (AvgIpc) is 3.01. The molecule has 2 aromatic heterocycles. The highest BCUT2D eigenvalue weighted by molar-refractivity contribution is 7.71. The zero-order valence-electron chi connectivity index (χ0n) is 10.1. The molecule has 0 fully saturated rings. The lowest BCUT2D eigenvalue weighted by atomic mass is 10.2. The fourth-order valence-corrected chi connectivity index (χ4v) is 2.31. The number of rotatable bonds is 2. The smallest absolute Gasteiger partial charge is 0.202 e. The second kappa shape index (κ2) is 4.68. The lowest BCUT2D eigenvalue weighted by molar-refractivity contribution is 0.575. The summed E-state index contributed by atoms with van der Waals surface area (Å²) in [7, 11) is 0. The fraction of sp³-hybridized carbons (Fsp3) is 0.0769. The Morgan fingerprint density at radius 1 is 1.37 bits per heavy atom. The Balaban J connectivity index is 2.29. The van der Waals surface area contributed by atoms with Crippen LogP contribution < -0.4 is 0 Å². The first kappa shape index (κ1) is 12.2. The summed E-state index contributed by atoms with van der Waals surface area (Å²) < 4.78 is 7.69. The van der Waals surface area contributed by atoms with Gasteiger partial charge in [-0.3, -0.25) is 9.67 Å². The molecule has 1 aromatic carbocycles. The summed E-state index contributed by atoms with van der Waals surface area (Å²) in [5, 5.41) is 7.65. The van der Waals surface area contributed by atoms with E-state index < -0.39 is 0 Å². The number of nitrogens with zero attached hydrogens (tertiary/aromatic N) is 2. The van der Waals surface area contributed by atoms with Crippen molar-refractivity contribution < 1.29 is 4.42 Å². The predicted molar refractivity (Wildman–Crippen MR) is 76.2 cm³/mol. The van der Waals surface area contributed by atoms with Gasteiger partial charge in [0.25, 0.3) is 0 Å². The topological polar surface area (TPSA) is 46.8 Å². The van der Waals surface area contributed by atoms with Crippen molar-refractivity contribution in [2.75, 3.05) is 0 Å². The van der Waals surface area contributed by atoms with Gasteiger partial charge >= 0.3 is 0 Å². The highest BCUT2D eigenvalue weighted by Gasteiger charge is 2.14. The van der Waals surface area contributed by atoms with E-state index in [9.17, 15) is 0 Å². The monoisotopic (exact) mass is 291 g/mol. The first-order chi connectivity index (χ1) is 9.16. The van der Waals surface area contributed by atoms with E-state index in [2.05, 4.69) is 10.2 Å². The summed E-state index contributed by atoms with van der Waals surface area (Å²) in [5.41, 5.74) is 1.94. The molecule has 3 aromatic rings. The molecule has 2 heterocycles. The van der Waals surface area contributed by atoms with Gasteiger partial charge in [-0.05, 0) is 49.0 Å². The highest BCUT2D eigenvalue weighted by Crippen LogP contribution is 2.25. The molecule has 19 heavy (non-hydrogen) atoms. The van der Waals surface area contributed by atoms with Gasteiger partial charge in [0.15, 0.2) is 10.5 Å². The number of aryl methyl sites for hydroxylation is 1. The molecule has 4 nitrogen and oxygen atoms in total. The molecule has 0 atom stereocenters. The molecule has 6 heteroatoms. The molecule has 0 spiro atoms. The van der Waals surface area contributed by atoms with Crippen LogP contribution >= 0.6 is 23.8 Å². The van der Waals surface area contributed by atoms with E-state index in [1.54, 1.807) is 6.26 Å². The fourth-order valence-electron chi connectivity index (χ4n) is 1.91. The zero-order chi connectivity index (χ0) is 13.4. The van der Waals surface area contributed by atoms with Crippen molar-refractivity contribution in [2.24, 2.45) is 0 Å². The Morgan fingerprint density at radius 2 is 2.21 bits per heavy atom. The Labute approximate surface area is 119 Å². The van der Waals surface area contributed by atoms with Gasteiger partial charge in [0.05, 0.1) is 12.0 Å². The summed E-state index contributed by atoms with van der Waals surface area (Å²) >= 11 is 11.4. The molecule has 0 aliphatic carbocycles. The molecule has 0 saturated heterocycles. The molecule has 0 radical (unpaired) electrons. The maximum absolute atomic E-state index is 6.06. The number of hydrogen-bond acceptors (Lipinski definition) is 3. The number of nitrogens with one attached hydrogen (secondary N) is 1. The molecule has 0 aliphatic heterocycles. The number of H-pyrrole nitrogens is 1. The van der Waals surface area contributed by atoms with Crippen LogP contribution in [0.25, 0.3) is 17.3 Å². The van der Waals surface area contributed by atoms with Gasteiger partial charge in [0, 0.05) is 5.02 Å². The van der Waals surface area contributed by atoms with Crippen molar-refractivity contribution in [3.05, 3.63) is 52.0 Å². The van der Waals surface area contributed by atoms with Gasteiger partial charge < -0.3 is 4.42 Å². The summed E-state index contributed by atoms with van der Waals surface area (Å²) in [6.07, 6.45) is 1.60. The molecule has 96 valence electrons. The van der Waals surface area contributed by atoms with E-state index in [1.165, 1.54) is 0 Å². The zero-order valence-corrected chi connectivity index (χ0v) is 11.6. The summed E-state index contributed by atoms with van der Waals surface area (Å²) in [6, 6.07) is 9.28. The van der Waals surface area contributed by atoms with Crippen molar-refractivity contribution >= 4 is 23.8 Å². The Hall–Kier alpha value is -1.85. The molecule has 0 saturated carbocycles. The van der Waals surface area contributed by atoms with E-state index >= 15 is 0 Å². The standard InChI is InChI=1S/C13H10ClN3OS/c1-8-4-5-9(14)7-10(8)17-12(15-16-13(17)19)11-3-2-6-18-11/h2-7H,1H3,(H,16,19). The van der Waals surface area contributed by atoms with Crippen LogP contribution in [-0.4, -0.2) is 14.8 Å². The number of furan rings is 1. The predicted octanol–water partition coefficient (Wildman–Crippen LogP) is 4.15. The van der Waals surface area contributed by atoms with E-state index in [4.69, 9.17) is 28.2 Å². The van der Waals surface area contributed by atoms with Crippen LogP contribution in [0.5, 0.6) is 0 Å². The van der Waals surface area contributed by atoms with Gasteiger partial charge in [0.2, 0.25) is 5.82 Å². The van der Waals surface area contributed by atoms with Gasteiger partial charge in [-0.15, -0.1) is 0 Å². The second-order valence-electron chi connectivity index (χ2n) is 4.10. The van der Waals surface area contributed by atoms with Crippen LogP contribution in [0.1, 0.15) is 5.56 Å². The normalized spacial score (nSPS) is 10.8. The second-order valence-corrected chi connectivity index (χ2v) is 4.92. The lowest BCUT2D eigenvalue weighted by Gasteiger charge is -2.09. The van der Waals surface area contributed by atoms with E-state index in [0.29, 0.717) is 21.4 Å². The molecule has 0 amide bonds. The van der Waals surface area contributed by atoms with Gasteiger partial charge in [0.1, 0.15) is 0 Å². The molecule has 1 N–H and O–H groups in total. The van der Waals surface area contributed by atoms with Gasteiger partial charge in [-0.25, -0.2) is 0 Å². The number of halogens is 1. The van der Waals surface area contributed by atoms with Gasteiger partial charge in [-0.1, -0.05) is 17.7 Å². The SMILES string of the molecule is Cc1ccc(Cl)cc1-n1c(-c2ccco2)n[nH]c1=S. The summed E-state index contributed by atoms with van der Waals surface area (Å²) in [6.45, 7) is 1.99. The van der Waals surface area contributed by atoms with Crippen LogP contribution in [-0.2, 0) is 0 Å². The minimum atomic E-state index is 0.497. The Kier molecular flexibility index (Phi) is 3.00. The van der Waals surface area contributed by atoms with Gasteiger partial charge in [-0.2, -0.15) is 5.10 Å². The maximum atomic E-state index is 6.06. The molecular weight excluding hydrogens is 282 g/mol. The lowest BCUT2D eigenvalue weighted by Crippen LogP contribution is -1.99. The highest BCUT2D eigenvalue weighted by atomic mass is 35.5. The number of aromatic amines is 1. The first-order valence-electron chi connectivity index (χ1n) is 5.64. The van der Waals surface area contributed by atoms with Crippen LogP contribution in [0.15, 0.2) is 41.0 Å². The van der Waals surface area contributed by atoms with Crippen molar-refractivity contribution in [1.82, 2.24) is 14.8 Å². The Morgan fingerprint density at radius 3 is 2.95 bits per heavy atom. The third kappa shape index (κ3) is 2.11. The minimum absolute atomic E-state index is 0.497. The van der Waals surface area contributed by atoms with Crippen LogP contribution in [0, 0.1) is 11.7 Å². The third-order valence-corrected chi connectivity index (χ3v) is 3.33. The molecule has 0 unspecified atom stereocenters. The van der Waals surface area contributed by atoms with Crippen molar-refractivity contribution in [2.45, 2.75) is 6.92 Å². The molecule has 3 rings (SSSR count). The summed E-state index contributed by atoms with van der Waals surface area (Å²) in [4.78, 5) is 0. The molecule has 0 bridgehead atoms. The molecule has 0 aliphatic rings. The number of hydrogen-bond donors (Lipinski definition) is 1. The first-order valence-corrected chi connectivity index (χ1v) is 6.43. The largest absolute Gasteiger partial charge is 0.461 e. The maximum Gasteiger partial charge on any atom is 0.202 e. The third-order valence-electron chi connectivity index (χ3n) is 2.83. The minimum Gasteiger partial charge on any atom is -0.461 e. The van der Waals surface area contributed by atoms with Crippen molar-refractivity contribution in [1.29, 1.82) is 0 Å². The average molecular weight is 292 g/mol. The van der Waals surface area contributed by atoms with E-state index in [0.717, 1.165) is 11.3 Å². The number of aromatic nitrogens is 3. The van der Waals surface area contributed by atoms with Crippen LogP contribution in [0.3, 0.4) is 0 Å².